The monoisotopic (exact) mass is 217 g/mol. The zero-order chi connectivity index (χ0) is 11.8. The maximum atomic E-state index is 6.41. The summed E-state index contributed by atoms with van der Waals surface area (Å²) >= 11 is 0. The van der Waals surface area contributed by atoms with Crippen LogP contribution in [0.2, 0.25) is 0 Å². The average Bonchev–Trinajstić information content (AvgIpc) is 2.28. The van der Waals surface area contributed by atoms with Gasteiger partial charge in [-0.2, -0.15) is 0 Å². The summed E-state index contributed by atoms with van der Waals surface area (Å²) in [5.41, 5.74) is 10.6. The summed E-state index contributed by atoms with van der Waals surface area (Å²) in [6.45, 7) is 6.53. The Hall–Kier alpha value is -0.820. The van der Waals surface area contributed by atoms with E-state index in [1.165, 1.54) is 42.4 Å². The smallest absolute Gasteiger partial charge is 0.0404 e. The molecule has 1 aromatic carbocycles. The van der Waals surface area contributed by atoms with E-state index in [-0.39, 0.29) is 5.54 Å². The summed E-state index contributed by atoms with van der Waals surface area (Å²) in [5, 5.41) is 0. The minimum absolute atomic E-state index is 0.202. The maximum Gasteiger partial charge on any atom is 0.0404 e. The van der Waals surface area contributed by atoms with E-state index in [1.807, 2.05) is 0 Å². The van der Waals surface area contributed by atoms with Crippen molar-refractivity contribution in [3.05, 3.63) is 34.9 Å². The van der Waals surface area contributed by atoms with E-state index >= 15 is 0 Å². The fourth-order valence-electron chi connectivity index (χ4n) is 2.40. The van der Waals surface area contributed by atoms with Crippen LogP contribution in [-0.4, -0.2) is 0 Å². The lowest BCUT2D eigenvalue weighted by Gasteiger charge is -2.31. The van der Waals surface area contributed by atoms with Gasteiger partial charge >= 0.3 is 0 Å². The topological polar surface area (TPSA) is 26.0 Å². The molecule has 88 valence electrons. The van der Waals surface area contributed by atoms with Gasteiger partial charge in [0.2, 0.25) is 0 Å². The van der Waals surface area contributed by atoms with Crippen molar-refractivity contribution in [3.63, 3.8) is 0 Å². The molecule has 1 aliphatic rings. The molecule has 0 saturated carbocycles. The molecule has 0 saturated heterocycles. The normalized spacial score (nSPS) is 19.3. The van der Waals surface area contributed by atoms with Crippen LogP contribution in [0.3, 0.4) is 0 Å². The molecular formula is C15H23N. The first-order valence-electron chi connectivity index (χ1n) is 6.43. The Labute approximate surface area is 99.0 Å². The lowest BCUT2D eigenvalue weighted by atomic mass is 9.80. The Balaban J connectivity index is 2.37. The third-order valence-corrected chi connectivity index (χ3v) is 4.17. The van der Waals surface area contributed by atoms with Gasteiger partial charge in [0.25, 0.3) is 0 Å². The third-order valence-electron chi connectivity index (χ3n) is 4.17. The van der Waals surface area contributed by atoms with Crippen molar-refractivity contribution in [3.8, 4) is 0 Å². The van der Waals surface area contributed by atoms with E-state index in [4.69, 9.17) is 5.73 Å². The molecular weight excluding hydrogens is 194 g/mol. The quantitative estimate of drug-likeness (QED) is 0.807. The minimum Gasteiger partial charge on any atom is -0.321 e. The molecule has 2 rings (SSSR count). The van der Waals surface area contributed by atoms with Gasteiger partial charge in [0.15, 0.2) is 0 Å². The fraction of sp³-hybridized carbons (Fsp3) is 0.600. The molecule has 0 aliphatic heterocycles. The molecule has 0 fully saturated rings. The second-order valence-electron chi connectivity index (χ2n) is 5.63. The van der Waals surface area contributed by atoms with Crippen LogP contribution in [0.25, 0.3) is 0 Å². The largest absolute Gasteiger partial charge is 0.321 e. The molecule has 0 aromatic heterocycles. The van der Waals surface area contributed by atoms with E-state index in [1.54, 1.807) is 0 Å². The van der Waals surface area contributed by atoms with E-state index < -0.39 is 0 Å². The molecule has 0 amide bonds. The number of hydrogen-bond acceptors (Lipinski definition) is 1. The van der Waals surface area contributed by atoms with Gasteiger partial charge in [0.1, 0.15) is 0 Å². The molecule has 0 heterocycles. The predicted octanol–water partition coefficient (Wildman–Crippen LogP) is 3.40. The Morgan fingerprint density at radius 2 is 1.75 bits per heavy atom. The number of hydrogen-bond donors (Lipinski definition) is 1. The fourth-order valence-corrected chi connectivity index (χ4v) is 2.40. The Bertz CT molecular complexity index is 377. The summed E-state index contributed by atoms with van der Waals surface area (Å²) in [6, 6.07) is 6.86. The molecule has 1 atom stereocenters. The van der Waals surface area contributed by atoms with Crippen molar-refractivity contribution in [1.82, 2.24) is 0 Å². The molecule has 1 nitrogen and oxygen atoms in total. The van der Waals surface area contributed by atoms with E-state index in [2.05, 4.69) is 39.0 Å². The molecule has 0 spiro atoms. The zero-order valence-corrected chi connectivity index (χ0v) is 10.7. The molecule has 0 bridgehead atoms. The molecule has 16 heavy (non-hydrogen) atoms. The Morgan fingerprint density at radius 3 is 2.38 bits per heavy atom. The van der Waals surface area contributed by atoms with Crippen LogP contribution in [0.15, 0.2) is 18.2 Å². The Morgan fingerprint density at radius 1 is 1.12 bits per heavy atom. The number of aryl methyl sites for hydroxylation is 2. The number of nitrogens with two attached hydrogens (primary N) is 1. The van der Waals surface area contributed by atoms with Gasteiger partial charge in [0, 0.05) is 5.54 Å². The lowest BCUT2D eigenvalue weighted by Crippen LogP contribution is -2.38. The van der Waals surface area contributed by atoms with Gasteiger partial charge < -0.3 is 5.73 Å². The van der Waals surface area contributed by atoms with Gasteiger partial charge in [-0.3, -0.25) is 0 Å². The average molecular weight is 217 g/mol. The van der Waals surface area contributed by atoms with Crippen LogP contribution >= 0.6 is 0 Å². The number of fused-ring (bicyclic) bond motifs is 1. The number of rotatable bonds is 2. The maximum absolute atomic E-state index is 6.41. The van der Waals surface area contributed by atoms with Crippen molar-refractivity contribution >= 4 is 0 Å². The summed E-state index contributed by atoms with van der Waals surface area (Å²) in [5.74, 6) is 0.467. The second-order valence-corrected chi connectivity index (χ2v) is 5.63. The van der Waals surface area contributed by atoms with Crippen molar-refractivity contribution in [2.24, 2.45) is 11.7 Å². The molecule has 0 radical (unpaired) electrons. The van der Waals surface area contributed by atoms with Crippen molar-refractivity contribution < 1.29 is 0 Å². The first kappa shape index (κ1) is 11.7. The van der Waals surface area contributed by atoms with Crippen molar-refractivity contribution in [2.75, 3.05) is 0 Å². The van der Waals surface area contributed by atoms with Gasteiger partial charge in [-0.1, -0.05) is 32.0 Å². The van der Waals surface area contributed by atoms with Crippen molar-refractivity contribution in [1.29, 1.82) is 0 Å². The molecule has 1 aromatic rings. The molecule has 1 unspecified atom stereocenters. The van der Waals surface area contributed by atoms with Crippen LogP contribution in [0.1, 0.15) is 50.3 Å². The van der Waals surface area contributed by atoms with Crippen LogP contribution in [0, 0.1) is 5.92 Å². The summed E-state index contributed by atoms with van der Waals surface area (Å²) in [7, 11) is 0. The first-order chi connectivity index (χ1) is 7.51. The molecule has 2 N–H and O–H groups in total. The summed E-state index contributed by atoms with van der Waals surface area (Å²) in [6.07, 6.45) is 5.16. The van der Waals surface area contributed by atoms with Crippen molar-refractivity contribution in [2.45, 2.75) is 52.0 Å². The van der Waals surface area contributed by atoms with Crippen LogP contribution < -0.4 is 5.73 Å². The highest BCUT2D eigenvalue weighted by Gasteiger charge is 2.26. The highest BCUT2D eigenvalue weighted by atomic mass is 14.7. The summed E-state index contributed by atoms with van der Waals surface area (Å²) < 4.78 is 0. The highest BCUT2D eigenvalue weighted by molar-refractivity contribution is 5.37. The van der Waals surface area contributed by atoms with E-state index in [9.17, 15) is 0 Å². The van der Waals surface area contributed by atoms with Gasteiger partial charge in [0.05, 0.1) is 0 Å². The standard InChI is InChI=1S/C15H23N/c1-11(2)15(3,16)14-9-8-12-6-4-5-7-13(12)10-14/h8-11H,4-7,16H2,1-3H3. The zero-order valence-electron chi connectivity index (χ0n) is 10.7. The van der Waals surface area contributed by atoms with Crippen LogP contribution in [0.5, 0.6) is 0 Å². The van der Waals surface area contributed by atoms with Gasteiger partial charge in [-0.25, -0.2) is 0 Å². The minimum atomic E-state index is -0.202. The third kappa shape index (κ3) is 2.01. The molecule has 1 aliphatic carbocycles. The van der Waals surface area contributed by atoms with Crippen LogP contribution in [0.4, 0.5) is 0 Å². The van der Waals surface area contributed by atoms with Gasteiger partial charge in [-0.15, -0.1) is 0 Å². The Kier molecular flexibility index (Phi) is 3.07. The second kappa shape index (κ2) is 4.21. The summed E-state index contributed by atoms with van der Waals surface area (Å²) in [4.78, 5) is 0. The SMILES string of the molecule is CC(C)C(C)(N)c1ccc2c(c1)CCCC2. The lowest BCUT2D eigenvalue weighted by molar-refractivity contribution is 0.350. The number of benzene rings is 1. The molecule has 1 heteroatoms. The predicted molar refractivity (Wildman–Crippen MR) is 69.5 cm³/mol. The van der Waals surface area contributed by atoms with Crippen LogP contribution in [-0.2, 0) is 18.4 Å². The highest BCUT2D eigenvalue weighted by Crippen LogP contribution is 2.30. The van der Waals surface area contributed by atoms with Gasteiger partial charge in [-0.05, 0) is 55.2 Å². The first-order valence-corrected chi connectivity index (χ1v) is 6.43. The van der Waals surface area contributed by atoms with E-state index in [0.29, 0.717) is 5.92 Å². The van der Waals surface area contributed by atoms with E-state index in [0.717, 1.165) is 0 Å².